The van der Waals surface area contributed by atoms with Crippen LogP contribution < -0.4 is 10.2 Å². The molecular weight excluding hydrogens is 831 g/mol. The summed E-state index contributed by atoms with van der Waals surface area (Å²) < 4.78 is 7.17. The van der Waals surface area contributed by atoms with Crippen LogP contribution in [0.5, 0.6) is 0 Å². The molecule has 13 rings (SSSR count). The van der Waals surface area contributed by atoms with Crippen LogP contribution >= 0.6 is 0 Å². The van der Waals surface area contributed by atoms with Crippen LogP contribution in [0.1, 0.15) is 148 Å². The number of allylic oxidation sites excluding steroid dienone is 10. The van der Waals surface area contributed by atoms with Crippen molar-refractivity contribution < 1.29 is 4.42 Å². The average molecular weight is 892 g/mol. The highest BCUT2D eigenvalue weighted by Gasteiger charge is 2.44. The first-order valence-electron chi connectivity index (χ1n) is 26.0. The second kappa shape index (κ2) is 17.8. The molecule has 8 aliphatic rings. The lowest BCUT2D eigenvalue weighted by Gasteiger charge is -2.32. The Morgan fingerprint density at radius 1 is 0.676 bits per heavy atom. The molecule has 2 aliphatic heterocycles. The van der Waals surface area contributed by atoms with E-state index in [0.717, 1.165) is 102 Å². The molecule has 6 aliphatic carbocycles. The van der Waals surface area contributed by atoms with Gasteiger partial charge in [0, 0.05) is 51.5 Å². The first kappa shape index (κ1) is 41.6. The van der Waals surface area contributed by atoms with Gasteiger partial charge in [-0.25, -0.2) is 9.98 Å². The summed E-state index contributed by atoms with van der Waals surface area (Å²) in [6.07, 6.45) is 41.9. The molecule has 3 aromatic carbocycles. The molecule has 0 spiro atoms. The number of furan rings is 1. The predicted molar refractivity (Wildman–Crippen MR) is 280 cm³/mol. The van der Waals surface area contributed by atoms with Crippen molar-refractivity contribution in [2.75, 3.05) is 4.90 Å². The highest BCUT2D eigenvalue weighted by atomic mass is 16.3. The van der Waals surface area contributed by atoms with Crippen LogP contribution in [-0.2, 0) is 0 Å². The fourth-order valence-corrected chi connectivity index (χ4v) is 12.8. The maximum atomic E-state index is 7.17. The summed E-state index contributed by atoms with van der Waals surface area (Å²) in [5, 5.41) is 5.03. The van der Waals surface area contributed by atoms with E-state index in [-0.39, 0.29) is 18.1 Å². The minimum Gasteiger partial charge on any atom is -0.458 e. The van der Waals surface area contributed by atoms with Crippen molar-refractivity contribution in [3.8, 4) is 11.3 Å². The normalized spacial score (nSPS) is 24.6. The Kier molecular flexibility index (Phi) is 10.9. The fraction of sp³-hybridized carbons (Fsp3) is 0.339. The van der Waals surface area contributed by atoms with Gasteiger partial charge in [-0.3, -0.25) is 4.98 Å². The number of nitrogens with one attached hydrogen (secondary N) is 1. The van der Waals surface area contributed by atoms with E-state index in [0.29, 0.717) is 11.8 Å². The molecule has 1 saturated carbocycles. The van der Waals surface area contributed by atoms with Gasteiger partial charge in [-0.2, -0.15) is 0 Å². The van der Waals surface area contributed by atoms with Crippen LogP contribution in [0.4, 0.5) is 5.69 Å². The van der Waals surface area contributed by atoms with Crippen molar-refractivity contribution >= 4 is 45.6 Å². The Morgan fingerprint density at radius 3 is 2.43 bits per heavy atom. The van der Waals surface area contributed by atoms with E-state index in [4.69, 9.17) is 19.4 Å². The van der Waals surface area contributed by atoms with Gasteiger partial charge in [0.2, 0.25) is 0 Å². The number of anilines is 1. The smallest absolute Gasteiger partial charge is 0.147 e. The van der Waals surface area contributed by atoms with Crippen LogP contribution in [0.25, 0.3) is 39.4 Å². The molecule has 6 heteroatoms. The number of nitrogens with zero attached hydrogens (tertiary/aromatic N) is 4. The van der Waals surface area contributed by atoms with E-state index in [1.165, 1.54) is 96.2 Å². The summed E-state index contributed by atoms with van der Waals surface area (Å²) in [7, 11) is 0. The number of benzene rings is 3. The molecule has 0 saturated heterocycles. The highest BCUT2D eigenvalue weighted by molar-refractivity contribution is 6.18. The Labute approximate surface area is 401 Å². The van der Waals surface area contributed by atoms with Crippen LogP contribution in [0.2, 0.25) is 0 Å². The SMILES string of the molecule is C1=CC(N2c3ccccc3C3C=Cc4c(oc5cc(-c6ncc(C7=CC(c8ccccc8)=C(C8CC=CCC8)CC7)cc6C6=NC(C7CCCCC7)N=C(C7=CCCCC7)N6)ccc45)C32)=CCC1. The van der Waals surface area contributed by atoms with Crippen LogP contribution in [0.3, 0.4) is 0 Å². The largest absolute Gasteiger partial charge is 0.458 e. The molecule has 4 unspecified atom stereocenters. The van der Waals surface area contributed by atoms with E-state index in [1.54, 1.807) is 5.57 Å². The third-order valence-electron chi connectivity index (χ3n) is 16.3. The first-order chi connectivity index (χ1) is 33.7. The van der Waals surface area contributed by atoms with Gasteiger partial charge < -0.3 is 14.6 Å². The number of para-hydroxylation sites is 1. The number of hydrogen-bond donors (Lipinski definition) is 1. The lowest BCUT2D eigenvalue weighted by atomic mass is 9.76. The quantitative estimate of drug-likeness (QED) is 0.158. The van der Waals surface area contributed by atoms with Gasteiger partial charge in [-0.15, -0.1) is 0 Å². The highest BCUT2D eigenvalue weighted by Crippen LogP contribution is 2.56. The zero-order valence-corrected chi connectivity index (χ0v) is 39.2. The summed E-state index contributed by atoms with van der Waals surface area (Å²) >= 11 is 0. The molecule has 0 radical (unpaired) electrons. The van der Waals surface area contributed by atoms with Gasteiger partial charge in [-0.1, -0.05) is 128 Å². The monoisotopic (exact) mass is 891 g/mol. The van der Waals surface area contributed by atoms with E-state index < -0.39 is 0 Å². The number of rotatable bonds is 8. The molecule has 0 amide bonds. The molecule has 4 atom stereocenters. The first-order valence-corrected chi connectivity index (χ1v) is 26.0. The van der Waals surface area contributed by atoms with E-state index in [1.807, 2.05) is 0 Å². The van der Waals surface area contributed by atoms with Gasteiger partial charge in [0.25, 0.3) is 0 Å². The summed E-state index contributed by atoms with van der Waals surface area (Å²) in [5.41, 5.74) is 17.1. The molecule has 2 aromatic heterocycles. The lowest BCUT2D eigenvalue weighted by Crippen LogP contribution is -2.40. The molecule has 1 fully saturated rings. The summed E-state index contributed by atoms with van der Waals surface area (Å²) in [4.78, 5) is 19.1. The van der Waals surface area contributed by atoms with Gasteiger partial charge in [0.1, 0.15) is 35.2 Å². The van der Waals surface area contributed by atoms with Crippen molar-refractivity contribution in [3.63, 3.8) is 0 Å². The lowest BCUT2D eigenvalue weighted by molar-refractivity contribution is 0.310. The second-order valence-corrected chi connectivity index (χ2v) is 20.4. The third-order valence-corrected chi connectivity index (χ3v) is 16.3. The van der Waals surface area contributed by atoms with E-state index in [9.17, 15) is 0 Å². The number of hydrogen-bond acceptors (Lipinski definition) is 6. The maximum absolute atomic E-state index is 7.17. The molecule has 68 heavy (non-hydrogen) atoms. The Morgan fingerprint density at radius 2 is 1.57 bits per heavy atom. The van der Waals surface area contributed by atoms with Crippen molar-refractivity contribution in [1.29, 1.82) is 0 Å². The van der Waals surface area contributed by atoms with Crippen molar-refractivity contribution in [2.24, 2.45) is 21.8 Å². The predicted octanol–water partition coefficient (Wildman–Crippen LogP) is 15.5. The zero-order chi connectivity index (χ0) is 45.0. The number of aliphatic imine (C=N–C) groups is 2. The molecule has 6 nitrogen and oxygen atoms in total. The Balaban J connectivity index is 0.943. The van der Waals surface area contributed by atoms with Crippen LogP contribution in [0, 0.1) is 11.8 Å². The standard InChI is InChI=1S/C62H61N5O/c1-6-18-40(19-7-1)48-32-30-44(36-53(48)41-20-8-2-9-21-41)46-37-54(62-65-60(42-22-10-3-11-23-42)64-61(66-62)43-24-12-4-13-25-43)57(63-39-46)45-31-33-50-52-35-34-51-49-28-16-17-29-55(49)67(47-26-14-5-15-27-47)58(51)59(52)68-56(50)38-45/h1-2,6,8-9,14,16-17,20-22,26-29,31,33-40,43,51,58,61H,3-5,7,10-13,15,18-19,23-25,30,32H2,(H,64,65,66). The molecular formula is C62H61N5O. The van der Waals surface area contributed by atoms with Gasteiger partial charge in [-0.05, 0) is 153 Å². The minimum atomic E-state index is -0.110. The van der Waals surface area contributed by atoms with E-state index >= 15 is 0 Å². The number of aromatic nitrogens is 1. The molecule has 340 valence electrons. The minimum absolute atomic E-state index is 0.0447. The number of pyridine rings is 1. The topological polar surface area (TPSA) is 66.0 Å². The van der Waals surface area contributed by atoms with Gasteiger partial charge in [0.15, 0.2) is 0 Å². The summed E-state index contributed by atoms with van der Waals surface area (Å²) in [6, 6.07) is 29.2. The maximum Gasteiger partial charge on any atom is 0.147 e. The van der Waals surface area contributed by atoms with Crippen molar-refractivity contribution in [3.05, 3.63) is 184 Å². The van der Waals surface area contributed by atoms with Crippen LogP contribution in [-0.4, -0.2) is 22.8 Å². The average Bonchev–Trinajstić information content (AvgIpc) is 3.97. The number of fused-ring (bicyclic) bond motifs is 7. The summed E-state index contributed by atoms with van der Waals surface area (Å²) in [5.74, 6) is 4.18. The van der Waals surface area contributed by atoms with Gasteiger partial charge >= 0.3 is 0 Å². The van der Waals surface area contributed by atoms with Crippen molar-refractivity contribution in [2.45, 2.75) is 121 Å². The molecule has 4 heterocycles. The molecule has 0 bridgehead atoms. The molecule has 5 aromatic rings. The van der Waals surface area contributed by atoms with Gasteiger partial charge in [0.05, 0.1) is 5.69 Å². The zero-order valence-electron chi connectivity index (χ0n) is 39.2. The second-order valence-electron chi connectivity index (χ2n) is 20.4. The van der Waals surface area contributed by atoms with Crippen molar-refractivity contribution in [1.82, 2.24) is 10.3 Å². The Bertz CT molecular complexity index is 3090. The molecule has 1 N–H and O–H groups in total. The van der Waals surface area contributed by atoms with Crippen LogP contribution in [0.15, 0.2) is 165 Å². The van der Waals surface area contributed by atoms with E-state index in [2.05, 4.69) is 150 Å². The third kappa shape index (κ3) is 7.52. The fourth-order valence-electron chi connectivity index (χ4n) is 12.8. The summed E-state index contributed by atoms with van der Waals surface area (Å²) in [6.45, 7) is 0. The Hall–Kier alpha value is -6.53. The number of amidine groups is 2.